The Bertz CT molecular complexity index is 1060. The Morgan fingerprint density at radius 3 is 2.68 bits per heavy atom. The van der Waals surface area contributed by atoms with Crippen molar-refractivity contribution >= 4 is 17.1 Å². The first-order valence-electron chi connectivity index (χ1n) is 9.54. The third-order valence-electron chi connectivity index (χ3n) is 5.69. The summed E-state index contributed by atoms with van der Waals surface area (Å²) >= 11 is 0. The predicted molar refractivity (Wildman–Crippen MR) is 107 cm³/mol. The number of aliphatic hydroxyl groups is 1. The van der Waals surface area contributed by atoms with Crippen LogP contribution < -0.4 is 11.1 Å². The molecule has 0 aromatic carbocycles. The number of aromatic nitrogens is 4. The summed E-state index contributed by atoms with van der Waals surface area (Å²) in [7, 11) is 1.92. The Hall–Kier alpha value is -2.87. The van der Waals surface area contributed by atoms with Crippen LogP contribution in [0.15, 0.2) is 18.5 Å². The monoisotopic (exact) mass is 382 g/mol. The number of fused-ring (bicyclic) bond motifs is 1. The van der Waals surface area contributed by atoms with Crippen LogP contribution in [0.5, 0.6) is 0 Å². The normalized spacial score (nSPS) is 16.3. The quantitative estimate of drug-likeness (QED) is 0.604. The van der Waals surface area contributed by atoms with Gasteiger partial charge in [0.15, 0.2) is 0 Å². The first-order valence-corrected chi connectivity index (χ1v) is 9.54. The summed E-state index contributed by atoms with van der Waals surface area (Å²) in [5.74, 6) is -0.234. The Morgan fingerprint density at radius 2 is 2.11 bits per heavy atom. The van der Waals surface area contributed by atoms with Crippen molar-refractivity contribution < 1.29 is 9.90 Å². The van der Waals surface area contributed by atoms with Gasteiger partial charge in [0, 0.05) is 36.1 Å². The van der Waals surface area contributed by atoms with Gasteiger partial charge in [0.2, 0.25) is 0 Å². The number of aliphatic hydroxyl groups excluding tert-OH is 1. The minimum Gasteiger partial charge on any atom is -0.391 e. The van der Waals surface area contributed by atoms with Crippen molar-refractivity contribution in [2.75, 3.05) is 5.32 Å². The van der Waals surface area contributed by atoms with Gasteiger partial charge in [-0.3, -0.25) is 9.48 Å². The average molecular weight is 382 g/mol. The molecule has 1 aliphatic rings. The predicted octanol–water partition coefficient (Wildman–Crippen LogP) is 2.02. The highest BCUT2D eigenvalue weighted by Crippen LogP contribution is 2.36. The third kappa shape index (κ3) is 3.03. The summed E-state index contributed by atoms with van der Waals surface area (Å²) in [6.07, 6.45) is 5.00. The summed E-state index contributed by atoms with van der Waals surface area (Å²) in [4.78, 5) is 12.0. The van der Waals surface area contributed by atoms with Crippen LogP contribution in [0.4, 0.5) is 5.69 Å². The molecule has 1 saturated carbocycles. The SMILES string of the molecule is Cc1nn(C)c(C)c1-c1cc2c(N[C@H](C)C(O)C3CC3)c(C(N)=O)cnn2c1. The Labute approximate surface area is 163 Å². The van der Waals surface area contributed by atoms with E-state index in [0.29, 0.717) is 17.2 Å². The molecule has 0 saturated heterocycles. The average Bonchev–Trinajstić information content (AvgIpc) is 3.34. The summed E-state index contributed by atoms with van der Waals surface area (Å²) in [6, 6.07) is 1.77. The number of carbonyl (C=O) groups is 1. The largest absolute Gasteiger partial charge is 0.391 e. The zero-order valence-electron chi connectivity index (χ0n) is 16.6. The molecule has 2 atom stereocenters. The highest BCUT2D eigenvalue weighted by Gasteiger charge is 2.34. The van der Waals surface area contributed by atoms with E-state index in [1.807, 2.05) is 44.8 Å². The lowest BCUT2D eigenvalue weighted by molar-refractivity contribution is 0.1000. The summed E-state index contributed by atoms with van der Waals surface area (Å²) in [5.41, 5.74) is 11.2. The van der Waals surface area contributed by atoms with Gasteiger partial charge in [-0.1, -0.05) is 0 Å². The van der Waals surface area contributed by atoms with Crippen molar-refractivity contribution in [3.63, 3.8) is 0 Å². The van der Waals surface area contributed by atoms with Crippen molar-refractivity contribution in [3.8, 4) is 11.1 Å². The number of hydrogen-bond acceptors (Lipinski definition) is 5. The molecule has 1 fully saturated rings. The van der Waals surface area contributed by atoms with Crippen LogP contribution in [0.25, 0.3) is 16.6 Å². The van der Waals surface area contributed by atoms with Crippen LogP contribution in [-0.4, -0.2) is 42.6 Å². The van der Waals surface area contributed by atoms with E-state index in [0.717, 1.165) is 40.9 Å². The number of rotatable bonds is 6. The lowest BCUT2D eigenvalue weighted by Crippen LogP contribution is -2.33. The molecule has 0 bridgehead atoms. The number of primary amides is 1. The van der Waals surface area contributed by atoms with Crippen molar-refractivity contribution in [2.45, 2.75) is 45.8 Å². The molecule has 8 heteroatoms. The molecule has 3 aromatic heterocycles. The number of amides is 1. The van der Waals surface area contributed by atoms with Crippen LogP contribution in [0.2, 0.25) is 0 Å². The molecule has 148 valence electrons. The van der Waals surface area contributed by atoms with Crippen molar-refractivity contribution in [2.24, 2.45) is 18.7 Å². The van der Waals surface area contributed by atoms with Crippen LogP contribution in [0.1, 0.15) is 41.5 Å². The van der Waals surface area contributed by atoms with E-state index in [1.165, 1.54) is 6.20 Å². The maximum Gasteiger partial charge on any atom is 0.252 e. The van der Waals surface area contributed by atoms with Gasteiger partial charge in [0.05, 0.1) is 34.8 Å². The van der Waals surface area contributed by atoms with Crippen molar-refractivity contribution in [1.29, 1.82) is 0 Å². The van der Waals surface area contributed by atoms with Gasteiger partial charge < -0.3 is 16.2 Å². The number of nitrogens with one attached hydrogen (secondary N) is 1. The zero-order chi connectivity index (χ0) is 20.2. The van der Waals surface area contributed by atoms with Crippen molar-refractivity contribution in [3.05, 3.63) is 35.4 Å². The van der Waals surface area contributed by atoms with E-state index in [1.54, 1.807) is 4.52 Å². The van der Waals surface area contributed by atoms with Gasteiger partial charge >= 0.3 is 0 Å². The highest BCUT2D eigenvalue weighted by molar-refractivity contribution is 6.02. The highest BCUT2D eigenvalue weighted by atomic mass is 16.3. The smallest absolute Gasteiger partial charge is 0.252 e. The maximum absolute atomic E-state index is 12.0. The van der Waals surface area contributed by atoms with Crippen LogP contribution >= 0.6 is 0 Å². The molecule has 8 nitrogen and oxygen atoms in total. The summed E-state index contributed by atoms with van der Waals surface area (Å²) < 4.78 is 3.58. The Balaban J connectivity index is 1.82. The number of hydrogen-bond donors (Lipinski definition) is 3. The van der Waals surface area contributed by atoms with Crippen LogP contribution in [0, 0.1) is 19.8 Å². The van der Waals surface area contributed by atoms with E-state index in [4.69, 9.17) is 5.73 Å². The fourth-order valence-electron chi connectivity index (χ4n) is 3.88. The lowest BCUT2D eigenvalue weighted by Gasteiger charge is -2.22. The zero-order valence-corrected chi connectivity index (χ0v) is 16.6. The summed E-state index contributed by atoms with van der Waals surface area (Å²) in [6.45, 7) is 5.91. The topological polar surface area (TPSA) is 110 Å². The molecular formula is C20H26N6O2. The fraction of sp³-hybridized carbons (Fsp3) is 0.450. The molecule has 3 heterocycles. The van der Waals surface area contributed by atoms with Gasteiger partial charge in [0.1, 0.15) is 0 Å². The molecule has 4 N–H and O–H groups in total. The minimum atomic E-state index is -0.554. The lowest BCUT2D eigenvalue weighted by atomic mass is 10.1. The standard InChI is InChI=1S/C20H26N6O2/c1-10-17(12(3)25(4)24-10)14-7-16-18(23-11(2)19(27)13-5-6-13)15(20(21)28)8-22-26(16)9-14/h7-9,11,13,19,23,27H,5-6H2,1-4H3,(H2,21,28)/t11-,19?/m1/s1. The van der Waals surface area contributed by atoms with E-state index in [2.05, 4.69) is 15.5 Å². The van der Waals surface area contributed by atoms with Crippen LogP contribution in [-0.2, 0) is 7.05 Å². The second-order valence-electron chi connectivity index (χ2n) is 7.79. The van der Waals surface area contributed by atoms with Crippen LogP contribution in [0.3, 0.4) is 0 Å². The van der Waals surface area contributed by atoms with Gasteiger partial charge in [-0.25, -0.2) is 4.52 Å². The summed E-state index contributed by atoms with van der Waals surface area (Å²) in [5, 5.41) is 22.6. The second kappa shape index (κ2) is 6.63. The van der Waals surface area contributed by atoms with Gasteiger partial charge in [0.25, 0.3) is 5.91 Å². The number of aryl methyl sites for hydroxylation is 2. The number of nitrogens with two attached hydrogens (primary N) is 1. The first kappa shape index (κ1) is 18.5. The molecule has 0 aliphatic heterocycles. The molecule has 0 radical (unpaired) electrons. The first-order chi connectivity index (χ1) is 13.3. The molecule has 0 spiro atoms. The van der Waals surface area contributed by atoms with E-state index in [-0.39, 0.29) is 6.04 Å². The molecular weight excluding hydrogens is 356 g/mol. The van der Waals surface area contributed by atoms with Gasteiger partial charge in [-0.15, -0.1) is 0 Å². The molecule has 1 unspecified atom stereocenters. The van der Waals surface area contributed by atoms with Gasteiger partial charge in [-0.05, 0) is 45.6 Å². The third-order valence-corrected chi connectivity index (χ3v) is 5.69. The molecule has 1 aliphatic carbocycles. The van der Waals surface area contributed by atoms with Crippen molar-refractivity contribution in [1.82, 2.24) is 19.4 Å². The molecule has 1 amide bonds. The number of nitrogens with zero attached hydrogens (tertiary/aromatic N) is 4. The molecule has 28 heavy (non-hydrogen) atoms. The maximum atomic E-state index is 12.0. The molecule has 3 aromatic rings. The van der Waals surface area contributed by atoms with E-state index < -0.39 is 12.0 Å². The second-order valence-corrected chi connectivity index (χ2v) is 7.79. The van der Waals surface area contributed by atoms with E-state index in [9.17, 15) is 9.90 Å². The number of carbonyl (C=O) groups excluding carboxylic acids is 1. The Kier molecular flexibility index (Phi) is 4.38. The molecule has 4 rings (SSSR count). The minimum absolute atomic E-state index is 0.211. The van der Waals surface area contributed by atoms with Gasteiger partial charge in [-0.2, -0.15) is 10.2 Å². The van der Waals surface area contributed by atoms with E-state index >= 15 is 0 Å². The fourth-order valence-corrected chi connectivity index (χ4v) is 3.88. The Morgan fingerprint density at radius 1 is 1.39 bits per heavy atom. The number of anilines is 1.